The Hall–Kier alpha value is -2.21. The summed E-state index contributed by atoms with van der Waals surface area (Å²) in [6, 6.07) is -1.28. The highest BCUT2D eigenvalue weighted by Crippen LogP contribution is 2.76. The predicted octanol–water partition coefficient (Wildman–Crippen LogP) is 1.63. The predicted molar refractivity (Wildman–Crippen MR) is 257 cm³/mol. The van der Waals surface area contributed by atoms with Crippen molar-refractivity contribution in [1.82, 2.24) is 5.32 Å². The first kappa shape index (κ1) is 56.0. The highest BCUT2D eigenvalue weighted by Gasteiger charge is 2.70. The van der Waals surface area contributed by atoms with E-state index in [1.54, 1.807) is 0 Å². The Morgan fingerprint density at radius 2 is 1.49 bits per heavy atom. The van der Waals surface area contributed by atoms with E-state index in [0.29, 0.717) is 57.9 Å². The Bertz CT molecular complexity index is 1990. The van der Waals surface area contributed by atoms with Crippen LogP contribution in [0.5, 0.6) is 0 Å². The first-order chi connectivity index (χ1) is 33.9. The standard InChI is InChI=1S/C53H86N2O17/c1-27-42(70-44-40(64)37(61)30(58)25-67-44)39(63)41(65)45(68-27)71-43-38(62)36(55-35(60)11-9-8-10-22-54)31(24-56)69-46(43)72-47(66)53-20-18-48(2,3)23-29(53)28-12-13-33-49(4)16-15-34(59)50(5,26-57)32(49)14-17-52(33,7)51(28,6)19-21-53/h12,26-27,29-34,36-46,56,58-59,61-65H,8-11,13-25,54H2,1-7H3,(H,55,60)/t27-,29?,30-,31-,32?,33?,34+,36+,37?,38?,39?,40?,41?,42+,43?,44+,45+,46+,49?,50-,51-,52-,53+/m1/s1. The monoisotopic (exact) mass is 1020 g/mol. The third-order valence-electron chi connectivity index (χ3n) is 20.3. The molecule has 0 aromatic rings. The summed E-state index contributed by atoms with van der Waals surface area (Å²) >= 11 is 0. The molecule has 0 aromatic carbocycles. The third kappa shape index (κ3) is 9.46. The summed E-state index contributed by atoms with van der Waals surface area (Å²) in [6.07, 6.45) is -8.70. The summed E-state index contributed by atoms with van der Waals surface area (Å²) < 4.78 is 36.5. The van der Waals surface area contributed by atoms with Gasteiger partial charge in [-0.05, 0) is 130 Å². The van der Waals surface area contributed by atoms with Crippen molar-refractivity contribution >= 4 is 18.2 Å². The average molecular weight is 1020 g/mol. The van der Waals surface area contributed by atoms with Gasteiger partial charge in [-0.15, -0.1) is 0 Å². The maximum Gasteiger partial charge on any atom is 0.315 e. The minimum Gasteiger partial charge on any atom is -0.432 e. The van der Waals surface area contributed by atoms with Gasteiger partial charge in [0.1, 0.15) is 55.1 Å². The van der Waals surface area contributed by atoms with Crippen LogP contribution < -0.4 is 11.1 Å². The fourth-order valence-corrected chi connectivity index (χ4v) is 15.6. The number of aldehydes is 1. The average Bonchev–Trinajstić information content (AvgIpc) is 3.33. The molecule has 19 heteroatoms. The summed E-state index contributed by atoms with van der Waals surface area (Å²) in [6.45, 7) is 14.4. The van der Waals surface area contributed by atoms with Crippen molar-refractivity contribution in [3.05, 3.63) is 11.6 Å². The highest BCUT2D eigenvalue weighted by molar-refractivity contribution is 5.79. The second-order valence-electron chi connectivity index (χ2n) is 24.9. The number of unbranched alkanes of at least 4 members (excludes halogenated alkanes) is 2. The first-order valence-corrected chi connectivity index (χ1v) is 26.8. The zero-order valence-corrected chi connectivity index (χ0v) is 43.4. The molecule has 3 aliphatic heterocycles. The van der Waals surface area contributed by atoms with E-state index in [9.17, 15) is 50.4 Å². The Morgan fingerprint density at radius 3 is 2.18 bits per heavy atom. The third-order valence-corrected chi connectivity index (χ3v) is 20.3. The van der Waals surface area contributed by atoms with E-state index in [2.05, 4.69) is 46.0 Å². The van der Waals surface area contributed by atoms with Crippen LogP contribution >= 0.6 is 0 Å². The number of ether oxygens (including phenoxy) is 6. The number of carbonyl (C=O) groups excluding carboxylic acids is 3. The van der Waals surface area contributed by atoms with Crippen molar-refractivity contribution in [3.63, 3.8) is 0 Å². The maximum absolute atomic E-state index is 15.5. The number of carbonyl (C=O) groups is 3. The number of hydrogen-bond acceptors (Lipinski definition) is 18. The number of nitrogens with two attached hydrogens (primary N) is 1. The van der Waals surface area contributed by atoms with Gasteiger partial charge < -0.3 is 85.1 Å². The summed E-state index contributed by atoms with van der Waals surface area (Å²) in [4.78, 5) is 41.6. The number of fused-ring (bicyclic) bond motifs is 7. The number of rotatable bonds is 14. The number of amides is 1. The van der Waals surface area contributed by atoms with Crippen molar-refractivity contribution in [2.75, 3.05) is 19.8 Å². The summed E-state index contributed by atoms with van der Waals surface area (Å²) in [5.41, 5.74) is 4.22. The lowest BCUT2D eigenvalue weighted by Crippen LogP contribution is -2.68. The second-order valence-corrected chi connectivity index (χ2v) is 24.9. The van der Waals surface area contributed by atoms with Gasteiger partial charge in [-0.1, -0.05) is 59.6 Å². The van der Waals surface area contributed by atoms with Crippen molar-refractivity contribution in [2.24, 2.45) is 56.0 Å². The molecular formula is C53H86N2O17. The molecule has 4 saturated carbocycles. The van der Waals surface area contributed by atoms with Gasteiger partial charge in [-0.3, -0.25) is 9.59 Å². The highest BCUT2D eigenvalue weighted by atomic mass is 16.8. The molecule has 11 N–H and O–H groups in total. The molecule has 19 nitrogen and oxygen atoms in total. The molecule has 0 radical (unpaired) electrons. The normalized spacial score (nSPS) is 50.0. The summed E-state index contributed by atoms with van der Waals surface area (Å²) in [5.74, 6) is -0.967. The molecule has 0 spiro atoms. The van der Waals surface area contributed by atoms with Crippen molar-refractivity contribution < 1.29 is 83.7 Å². The molecule has 72 heavy (non-hydrogen) atoms. The lowest BCUT2D eigenvalue weighted by molar-refractivity contribution is -0.369. The Balaban J connectivity index is 1.08. The maximum atomic E-state index is 15.5. The topological polar surface area (TPSA) is 306 Å². The van der Waals surface area contributed by atoms with Crippen LogP contribution in [0.1, 0.15) is 138 Å². The van der Waals surface area contributed by atoms with Crippen LogP contribution in [-0.2, 0) is 42.8 Å². The summed E-state index contributed by atoms with van der Waals surface area (Å²) in [7, 11) is 0. The number of aliphatic hydroxyl groups is 8. The van der Waals surface area contributed by atoms with Gasteiger partial charge in [0, 0.05) is 6.42 Å². The van der Waals surface area contributed by atoms with Gasteiger partial charge >= 0.3 is 5.97 Å². The Morgan fingerprint density at radius 1 is 0.792 bits per heavy atom. The van der Waals surface area contributed by atoms with Gasteiger partial charge in [-0.2, -0.15) is 0 Å². The fourth-order valence-electron chi connectivity index (χ4n) is 15.6. The lowest BCUT2D eigenvalue weighted by Gasteiger charge is -2.71. The number of esters is 1. The van der Waals surface area contributed by atoms with Crippen LogP contribution in [0.2, 0.25) is 0 Å². The van der Waals surface area contributed by atoms with Crippen molar-refractivity contribution in [1.29, 1.82) is 0 Å². The number of hydrogen-bond donors (Lipinski definition) is 10. The van der Waals surface area contributed by atoms with Crippen LogP contribution in [0.15, 0.2) is 11.6 Å². The van der Waals surface area contributed by atoms with Crippen molar-refractivity contribution in [2.45, 2.75) is 230 Å². The van der Waals surface area contributed by atoms with E-state index in [-0.39, 0.29) is 52.4 Å². The molecular weight excluding hydrogens is 937 g/mol. The fraction of sp³-hybridized carbons (Fsp3) is 0.906. The molecule has 0 aromatic heterocycles. The van der Waals surface area contributed by atoms with E-state index in [4.69, 9.17) is 34.2 Å². The molecule has 8 aliphatic rings. The number of nitrogens with one attached hydrogen (secondary N) is 1. The molecule has 5 aliphatic carbocycles. The zero-order valence-electron chi connectivity index (χ0n) is 43.4. The SMILES string of the molecule is C[C@H]1O[C@@H](OC2C(O)[C@@H](NC(=O)CCCCCN)[C@@H](CO)O[C@H]2OC(=O)[C@]23CCC(C)(C)CC2C2=CCC4C5(C)CC[C@H](O)[C@](C)(C=O)C5CC[C@@]4(C)[C@]2(C)CC3)C(O)C(O)[C@H]1O[C@@H]1OC[C@@H](O)C(O)C1O. The molecule has 3 heterocycles. The number of allylic oxidation sites excluding steroid dienone is 2. The van der Waals surface area contributed by atoms with E-state index >= 15 is 4.79 Å². The molecule has 10 unspecified atom stereocenters. The van der Waals surface area contributed by atoms with Gasteiger partial charge in [-0.25, -0.2) is 0 Å². The van der Waals surface area contributed by atoms with Gasteiger partial charge in [0.2, 0.25) is 12.2 Å². The van der Waals surface area contributed by atoms with Crippen molar-refractivity contribution in [3.8, 4) is 0 Å². The van der Waals surface area contributed by atoms with E-state index < -0.39 is 121 Å². The quantitative estimate of drug-likeness (QED) is 0.0512. The van der Waals surface area contributed by atoms with E-state index in [0.717, 1.165) is 38.4 Å². The van der Waals surface area contributed by atoms with Crippen LogP contribution in [0.25, 0.3) is 0 Å². The largest absolute Gasteiger partial charge is 0.432 e. The van der Waals surface area contributed by atoms with E-state index in [1.165, 1.54) is 12.5 Å². The Kier molecular flexibility index (Phi) is 16.3. The smallest absolute Gasteiger partial charge is 0.315 e. The molecule has 7 fully saturated rings. The van der Waals surface area contributed by atoms with Crippen LogP contribution in [-0.4, -0.2) is 171 Å². The first-order valence-electron chi connectivity index (χ1n) is 26.8. The molecule has 1 amide bonds. The molecule has 23 atom stereocenters. The molecule has 0 bridgehead atoms. The van der Waals surface area contributed by atoms with Gasteiger partial charge in [0.05, 0.1) is 42.3 Å². The molecule has 3 saturated heterocycles. The lowest BCUT2D eigenvalue weighted by atomic mass is 9.33. The van der Waals surface area contributed by atoms with E-state index in [1.807, 2.05) is 6.92 Å². The minimum absolute atomic E-state index is 0.0320. The van der Waals surface area contributed by atoms with Gasteiger partial charge in [0.15, 0.2) is 18.7 Å². The zero-order chi connectivity index (χ0) is 52.5. The summed E-state index contributed by atoms with van der Waals surface area (Å²) in [5, 5.41) is 90.8. The molecule has 8 rings (SSSR count). The van der Waals surface area contributed by atoms with Crippen LogP contribution in [0.4, 0.5) is 0 Å². The number of aliphatic hydroxyl groups excluding tert-OH is 8. The van der Waals surface area contributed by atoms with Crippen LogP contribution in [0.3, 0.4) is 0 Å². The Labute approximate surface area is 423 Å². The van der Waals surface area contributed by atoms with Crippen LogP contribution in [0, 0.1) is 50.2 Å². The minimum atomic E-state index is -1.89. The molecule has 410 valence electrons. The van der Waals surface area contributed by atoms with Gasteiger partial charge in [0.25, 0.3) is 0 Å². The second kappa shape index (κ2) is 21.0.